The molecule has 27 heavy (non-hydrogen) atoms. The van der Waals surface area contributed by atoms with E-state index >= 15 is 0 Å². The van der Waals surface area contributed by atoms with Gasteiger partial charge >= 0.3 is 11.8 Å². The maximum absolute atomic E-state index is 14.3. The van der Waals surface area contributed by atoms with E-state index in [-0.39, 0.29) is 5.56 Å². The van der Waals surface area contributed by atoms with Crippen molar-refractivity contribution in [1.29, 1.82) is 0 Å². The molecule has 1 saturated carbocycles. The summed E-state index contributed by atoms with van der Waals surface area (Å²) >= 11 is 0. The second-order valence-corrected chi connectivity index (χ2v) is 7.74. The van der Waals surface area contributed by atoms with Crippen LogP contribution in [0.15, 0.2) is 36.9 Å². The zero-order valence-corrected chi connectivity index (χ0v) is 15.4. The van der Waals surface area contributed by atoms with Crippen molar-refractivity contribution in [3.63, 3.8) is 0 Å². The number of hydrogen-bond donors (Lipinski definition) is 1. The van der Waals surface area contributed by atoms with Crippen LogP contribution in [0, 0.1) is 5.92 Å². The van der Waals surface area contributed by atoms with Crippen molar-refractivity contribution < 1.29 is 27.4 Å². The van der Waals surface area contributed by atoms with Gasteiger partial charge in [0.15, 0.2) is 0 Å². The van der Waals surface area contributed by atoms with E-state index in [1.807, 2.05) is 0 Å². The quantitative estimate of drug-likeness (QED) is 0.515. The molecule has 6 heteroatoms. The largest absolute Gasteiger partial charge is 0.369 e. The molecule has 1 aromatic rings. The first-order chi connectivity index (χ1) is 12.7. The predicted molar refractivity (Wildman–Crippen MR) is 94.9 cm³/mol. The van der Waals surface area contributed by atoms with E-state index < -0.39 is 23.7 Å². The summed E-state index contributed by atoms with van der Waals surface area (Å²) in [4.78, 5) is 0. The highest BCUT2D eigenvalue weighted by molar-refractivity contribution is 5.32. The summed E-state index contributed by atoms with van der Waals surface area (Å²) in [6, 6.07) is 5.81. The minimum Gasteiger partial charge on any atom is -0.357 e. The maximum Gasteiger partial charge on any atom is 0.369 e. The van der Waals surface area contributed by atoms with Crippen molar-refractivity contribution in [3.05, 3.63) is 48.0 Å². The fourth-order valence-electron chi connectivity index (χ4n) is 4.36. The van der Waals surface area contributed by atoms with Crippen molar-refractivity contribution in [2.24, 2.45) is 5.92 Å². The van der Waals surface area contributed by atoms with Crippen LogP contribution in [-0.4, -0.2) is 23.1 Å². The van der Waals surface area contributed by atoms with Crippen LogP contribution in [0.1, 0.15) is 62.5 Å². The molecule has 0 bridgehead atoms. The van der Waals surface area contributed by atoms with Crippen LogP contribution in [0.25, 0.3) is 0 Å². The van der Waals surface area contributed by atoms with E-state index in [0.717, 1.165) is 37.2 Å². The lowest BCUT2D eigenvalue weighted by Gasteiger charge is -2.31. The van der Waals surface area contributed by atoms with Crippen LogP contribution >= 0.6 is 0 Å². The molecule has 2 aliphatic rings. The zero-order chi connectivity index (χ0) is 19.9. The average Bonchev–Trinajstić information content (AvgIpc) is 2.80. The van der Waals surface area contributed by atoms with E-state index in [1.54, 1.807) is 12.1 Å². The Morgan fingerprint density at radius 2 is 1.70 bits per heavy atom. The van der Waals surface area contributed by atoms with Crippen LogP contribution in [0.3, 0.4) is 0 Å². The van der Waals surface area contributed by atoms with Gasteiger partial charge in [-0.05, 0) is 43.1 Å². The van der Waals surface area contributed by atoms with Gasteiger partial charge in [0.1, 0.15) is 6.10 Å². The summed E-state index contributed by atoms with van der Waals surface area (Å²) in [5.74, 6) is -11.6. The fraction of sp³-hybridized carbons (Fsp3) is 0.619. The number of benzene rings is 1. The van der Waals surface area contributed by atoms with E-state index in [9.17, 15) is 22.7 Å². The molecule has 2 nitrogen and oxygen atoms in total. The van der Waals surface area contributed by atoms with Crippen LogP contribution in [0.2, 0.25) is 0 Å². The van der Waals surface area contributed by atoms with Gasteiger partial charge in [-0.3, -0.25) is 0 Å². The van der Waals surface area contributed by atoms with E-state index in [1.165, 1.54) is 25.0 Å². The third-order valence-corrected chi connectivity index (χ3v) is 6.03. The van der Waals surface area contributed by atoms with Gasteiger partial charge in [0.05, 0.1) is 0 Å². The first kappa shape index (κ1) is 20.3. The summed E-state index contributed by atoms with van der Waals surface area (Å²) in [5, 5.41) is 10.3. The van der Waals surface area contributed by atoms with Gasteiger partial charge in [0.2, 0.25) is 0 Å². The molecule has 1 aromatic carbocycles. The molecule has 0 spiro atoms. The maximum atomic E-state index is 14.3. The first-order valence-electron chi connectivity index (χ1n) is 9.56. The van der Waals surface area contributed by atoms with Crippen LogP contribution in [0.4, 0.5) is 17.6 Å². The van der Waals surface area contributed by atoms with Crippen molar-refractivity contribution in [3.8, 4) is 0 Å². The van der Waals surface area contributed by atoms with Gasteiger partial charge in [0.25, 0.3) is 5.79 Å². The SMILES string of the molecule is C=CC1OC(O)(c2ccc(C3CCC(CCC)CC3)cc2)C(F)(F)C1(F)F. The molecule has 1 aliphatic carbocycles. The number of hydrogen-bond acceptors (Lipinski definition) is 2. The molecule has 2 atom stereocenters. The third-order valence-electron chi connectivity index (χ3n) is 6.03. The number of rotatable bonds is 5. The Morgan fingerprint density at radius 1 is 1.11 bits per heavy atom. The highest BCUT2D eigenvalue weighted by atomic mass is 19.3. The number of halogens is 4. The second-order valence-electron chi connectivity index (χ2n) is 7.74. The molecule has 2 unspecified atom stereocenters. The van der Waals surface area contributed by atoms with Crippen LogP contribution in [0.5, 0.6) is 0 Å². The molecule has 2 fully saturated rings. The lowest BCUT2D eigenvalue weighted by Crippen LogP contribution is -2.51. The van der Waals surface area contributed by atoms with E-state index in [0.29, 0.717) is 12.0 Å². The Labute approximate surface area is 157 Å². The topological polar surface area (TPSA) is 29.5 Å². The molecule has 1 heterocycles. The van der Waals surface area contributed by atoms with Crippen molar-refractivity contribution >= 4 is 0 Å². The minimum absolute atomic E-state index is 0.328. The Balaban J connectivity index is 1.79. The molecular weight excluding hydrogens is 360 g/mol. The van der Waals surface area contributed by atoms with E-state index in [2.05, 4.69) is 18.2 Å². The molecule has 1 aliphatic heterocycles. The normalized spacial score (nSPS) is 35.1. The summed E-state index contributed by atoms with van der Waals surface area (Å²) in [6.07, 6.45) is 5.06. The Morgan fingerprint density at radius 3 is 2.19 bits per heavy atom. The summed E-state index contributed by atoms with van der Waals surface area (Å²) in [6.45, 7) is 5.29. The monoisotopic (exact) mass is 386 g/mol. The number of aliphatic hydroxyl groups is 1. The highest BCUT2D eigenvalue weighted by Gasteiger charge is 2.79. The molecule has 0 aromatic heterocycles. The second kappa shape index (κ2) is 7.21. The lowest BCUT2D eigenvalue weighted by molar-refractivity contribution is -0.309. The molecule has 3 rings (SSSR count). The van der Waals surface area contributed by atoms with Gasteiger partial charge in [0, 0.05) is 5.56 Å². The molecule has 1 N–H and O–H groups in total. The number of ether oxygens (including phenoxy) is 1. The van der Waals surface area contributed by atoms with Gasteiger partial charge < -0.3 is 9.84 Å². The van der Waals surface area contributed by atoms with E-state index in [4.69, 9.17) is 0 Å². The van der Waals surface area contributed by atoms with Gasteiger partial charge in [-0.2, -0.15) is 17.6 Å². The molecular formula is C21H26F4O2. The number of alkyl halides is 4. The third kappa shape index (κ3) is 3.21. The standard InChI is InChI=1S/C21H26F4O2/c1-3-5-14-6-8-15(9-7-14)16-10-12-17(13-11-16)20(26)21(24,25)19(22,23)18(4-2)27-20/h4,10-15,18,26H,2-3,5-9H2,1H3. The molecule has 0 radical (unpaired) electrons. The first-order valence-corrected chi connectivity index (χ1v) is 9.56. The van der Waals surface area contributed by atoms with Crippen LogP contribution in [-0.2, 0) is 10.5 Å². The smallest absolute Gasteiger partial charge is 0.357 e. The Kier molecular flexibility index (Phi) is 5.43. The van der Waals surface area contributed by atoms with Gasteiger partial charge in [-0.1, -0.05) is 50.1 Å². The van der Waals surface area contributed by atoms with Gasteiger partial charge in [-0.25, -0.2) is 0 Å². The highest BCUT2D eigenvalue weighted by Crippen LogP contribution is 2.57. The lowest BCUT2D eigenvalue weighted by atomic mass is 9.77. The Hall–Kier alpha value is -1.40. The fourth-order valence-corrected chi connectivity index (χ4v) is 4.36. The molecule has 150 valence electrons. The molecule has 1 saturated heterocycles. The van der Waals surface area contributed by atoms with Gasteiger partial charge in [-0.15, -0.1) is 6.58 Å². The zero-order valence-electron chi connectivity index (χ0n) is 15.4. The van der Waals surface area contributed by atoms with Crippen molar-refractivity contribution in [2.45, 2.75) is 75.1 Å². The predicted octanol–water partition coefficient (Wildman–Crippen LogP) is 5.76. The summed E-state index contributed by atoms with van der Waals surface area (Å²) < 4.78 is 61.1. The average molecular weight is 386 g/mol. The van der Waals surface area contributed by atoms with Crippen LogP contribution < -0.4 is 0 Å². The van der Waals surface area contributed by atoms with Crippen molar-refractivity contribution in [1.82, 2.24) is 0 Å². The summed E-state index contributed by atoms with van der Waals surface area (Å²) in [5.41, 5.74) is 0.602. The molecule has 0 amide bonds. The summed E-state index contributed by atoms with van der Waals surface area (Å²) in [7, 11) is 0. The Bertz CT molecular complexity index is 665. The minimum atomic E-state index is -4.77. The van der Waals surface area contributed by atoms with Crippen molar-refractivity contribution in [2.75, 3.05) is 0 Å².